The minimum absolute atomic E-state index is 0. The Morgan fingerprint density at radius 1 is 0.304 bits per heavy atom. The van der Waals surface area contributed by atoms with Crippen LogP contribution in [0.15, 0.2) is 134 Å². The number of pyridine rings is 2. The monoisotopic (exact) mass is 728 g/mol. The van der Waals surface area contributed by atoms with Crippen molar-refractivity contribution in [1.82, 2.24) is 0 Å². The Kier molecular flexibility index (Phi) is 9.96. The minimum atomic E-state index is 0. The molecule has 0 N–H and O–H groups in total. The van der Waals surface area contributed by atoms with Crippen LogP contribution in [0.2, 0.25) is 0 Å². The molecule has 46 heavy (non-hydrogen) atoms. The minimum Gasteiger partial charge on any atom is -1.00 e. The van der Waals surface area contributed by atoms with Gasteiger partial charge in [-0.3, -0.25) is 0 Å². The highest BCUT2D eigenvalue weighted by Gasteiger charge is 2.16. The van der Waals surface area contributed by atoms with Gasteiger partial charge in [0.1, 0.15) is 13.1 Å². The molecule has 0 bridgehead atoms. The molecule has 0 unspecified atom stereocenters. The lowest BCUT2D eigenvalue weighted by Crippen LogP contribution is -3.00. The number of nitrogens with zero attached hydrogens (tertiary/aromatic N) is 2. The quantitative estimate of drug-likeness (QED) is 0.120. The Morgan fingerprint density at radius 2 is 0.674 bits per heavy atom. The maximum absolute atomic E-state index is 2.50. The van der Waals surface area contributed by atoms with Gasteiger partial charge >= 0.3 is 0 Å². The second-order valence-electron chi connectivity index (χ2n) is 12.3. The van der Waals surface area contributed by atoms with Crippen LogP contribution in [-0.4, -0.2) is 0 Å². The molecule has 0 aliphatic rings. The van der Waals surface area contributed by atoms with Crippen molar-refractivity contribution in [2.45, 2.75) is 51.6 Å². The van der Waals surface area contributed by atoms with Crippen molar-refractivity contribution in [3.05, 3.63) is 134 Å². The number of rotatable bonds is 9. The fraction of sp³-hybridized carbons (Fsp3) is 0.190. The molecule has 6 aromatic carbocycles. The maximum Gasteiger partial charge on any atom is 0.213 e. The van der Waals surface area contributed by atoms with Crippen LogP contribution >= 0.6 is 0 Å². The van der Waals surface area contributed by atoms with Gasteiger partial charge in [-0.15, -0.1) is 0 Å². The van der Waals surface area contributed by atoms with E-state index in [1.54, 1.807) is 0 Å². The van der Waals surface area contributed by atoms with Crippen LogP contribution in [0.25, 0.3) is 64.9 Å². The largest absolute Gasteiger partial charge is 1.00 e. The molecule has 8 rings (SSSR count). The standard InChI is InChI=1S/C42H38N2.2BrH/c1(3-13-27-43-29-39-33-17-7-5-15-31(33)23-25-35(39)37-19-9-11-21-41(37)43)2-4-14-28-44-30-40-34-18-8-6-16-32(34)24-26-36(40)38-20-10-12-22-42(38)44;;/h5-12,15-26,29-30H,1-4,13-14,27-28H2;2*1H/q+2;;/p-2. The average Bonchev–Trinajstić information content (AvgIpc) is 3.09. The first-order chi connectivity index (χ1) is 21.8. The molecule has 0 fully saturated rings. The zero-order chi connectivity index (χ0) is 29.3. The first kappa shape index (κ1) is 32.1. The Labute approximate surface area is 291 Å². The summed E-state index contributed by atoms with van der Waals surface area (Å²) in [5.74, 6) is 0. The number of hydrogen-bond acceptors (Lipinski definition) is 0. The van der Waals surface area contributed by atoms with Crippen LogP contribution in [0.4, 0.5) is 0 Å². The molecule has 0 amide bonds. The molecule has 0 atom stereocenters. The topological polar surface area (TPSA) is 7.76 Å². The van der Waals surface area contributed by atoms with Crippen molar-refractivity contribution in [3.8, 4) is 0 Å². The number of aromatic nitrogens is 2. The highest BCUT2D eigenvalue weighted by Crippen LogP contribution is 2.30. The Balaban J connectivity index is 0.00000186. The number of halogens is 2. The molecule has 2 nitrogen and oxygen atoms in total. The fourth-order valence-corrected chi connectivity index (χ4v) is 7.33. The van der Waals surface area contributed by atoms with E-state index in [-0.39, 0.29) is 34.0 Å². The van der Waals surface area contributed by atoms with Crippen molar-refractivity contribution in [1.29, 1.82) is 0 Å². The average molecular weight is 731 g/mol. The molecule has 0 radical (unpaired) electrons. The molecule has 8 aromatic rings. The van der Waals surface area contributed by atoms with Crippen LogP contribution in [0, 0.1) is 0 Å². The number of unbranched alkanes of at least 4 members (excludes halogenated alkanes) is 5. The van der Waals surface area contributed by atoms with Crippen molar-refractivity contribution < 1.29 is 43.1 Å². The van der Waals surface area contributed by atoms with Crippen LogP contribution in [0.3, 0.4) is 0 Å². The third kappa shape index (κ3) is 6.01. The zero-order valence-corrected chi connectivity index (χ0v) is 29.2. The van der Waals surface area contributed by atoms with E-state index >= 15 is 0 Å². The van der Waals surface area contributed by atoms with Crippen molar-refractivity contribution in [2.24, 2.45) is 0 Å². The second kappa shape index (κ2) is 14.3. The SMILES string of the molecule is [Br-].[Br-].c1ccc2c(c1)ccc1c2c[n+](CCCCCCCC[n+]2cc3c4ccccc4ccc3c3ccccc32)c2ccccc12. The van der Waals surface area contributed by atoms with E-state index in [1.165, 1.54) is 103 Å². The van der Waals surface area contributed by atoms with Crippen LogP contribution in [0.5, 0.6) is 0 Å². The van der Waals surface area contributed by atoms with Crippen molar-refractivity contribution >= 4 is 64.9 Å². The molecule has 0 saturated heterocycles. The highest BCUT2D eigenvalue weighted by atomic mass is 79.9. The molecular weight excluding hydrogens is 692 g/mol. The van der Waals surface area contributed by atoms with Gasteiger partial charge in [0, 0.05) is 35.7 Å². The van der Waals surface area contributed by atoms with E-state index in [0.29, 0.717) is 0 Å². The third-order valence-corrected chi connectivity index (χ3v) is 9.57. The van der Waals surface area contributed by atoms with E-state index in [9.17, 15) is 0 Å². The number of fused-ring (bicyclic) bond motifs is 10. The van der Waals surface area contributed by atoms with Crippen LogP contribution in [0.1, 0.15) is 38.5 Å². The summed E-state index contributed by atoms with van der Waals surface area (Å²) < 4.78 is 4.99. The van der Waals surface area contributed by atoms with E-state index < -0.39 is 0 Å². The van der Waals surface area contributed by atoms with E-state index in [0.717, 1.165) is 13.1 Å². The van der Waals surface area contributed by atoms with E-state index in [1.807, 2.05) is 0 Å². The fourth-order valence-electron chi connectivity index (χ4n) is 7.33. The predicted octanol–water partition coefficient (Wildman–Crippen LogP) is 4.23. The molecule has 0 spiro atoms. The number of aryl methyl sites for hydroxylation is 2. The first-order valence-corrected chi connectivity index (χ1v) is 16.3. The Morgan fingerprint density at radius 3 is 1.13 bits per heavy atom. The lowest BCUT2D eigenvalue weighted by molar-refractivity contribution is -0.670. The maximum atomic E-state index is 2.50. The predicted molar refractivity (Wildman–Crippen MR) is 186 cm³/mol. The summed E-state index contributed by atoms with van der Waals surface area (Å²) in [5.41, 5.74) is 2.67. The van der Waals surface area contributed by atoms with Gasteiger partial charge in [0.25, 0.3) is 0 Å². The molecule has 230 valence electrons. The molecule has 4 heteroatoms. The summed E-state index contributed by atoms with van der Waals surface area (Å²) in [4.78, 5) is 0. The summed E-state index contributed by atoms with van der Waals surface area (Å²) >= 11 is 0. The van der Waals surface area contributed by atoms with E-state index in [2.05, 4.69) is 143 Å². The van der Waals surface area contributed by atoms with Gasteiger partial charge in [-0.1, -0.05) is 110 Å². The van der Waals surface area contributed by atoms with Gasteiger partial charge in [0.05, 0.1) is 21.5 Å². The summed E-state index contributed by atoms with van der Waals surface area (Å²) in [7, 11) is 0. The zero-order valence-electron chi connectivity index (χ0n) is 26.0. The summed E-state index contributed by atoms with van der Waals surface area (Å²) in [6, 6.07) is 44.5. The van der Waals surface area contributed by atoms with E-state index in [4.69, 9.17) is 0 Å². The molecular formula is C42H38Br2N2. The number of hydrogen-bond donors (Lipinski definition) is 0. The van der Waals surface area contributed by atoms with Gasteiger partial charge in [-0.25, -0.2) is 0 Å². The summed E-state index contributed by atoms with van der Waals surface area (Å²) in [6.07, 6.45) is 12.3. The van der Waals surface area contributed by atoms with Crippen LogP contribution in [-0.2, 0) is 13.1 Å². The summed E-state index contributed by atoms with van der Waals surface area (Å²) in [5, 5.41) is 13.4. The normalized spacial score (nSPS) is 11.4. The first-order valence-electron chi connectivity index (χ1n) is 16.3. The Hall–Kier alpha value is -3.86. The van der Waals surface area contributed by atoms with Gasteiger partial charge in [0.2, 0.25) is 11.0 Å². The number of benzene rings is 6. The number of para-hydroxylation sites is 2. The van der Waals surface area contributed by atoms with Crippen molar-refractivity contribution in [2.75, 3.05) is 0 Å². The highest BCUT2D eigenvalue weighted by molar-refractivity contribution is 6.16. The molecule has 2 heterocycles. The third-order valence-electron chi connectivity index (χ3n) is 9.57. The van der Waals surface area contributed by atoms with Gasteiger partial charge in [-0.05, 0) is 46.5 Å². The summed E-state index contributed by atoms with van der Waals surface area (Å²) in [6.45, 7) is 2.12. The van der Waals surface area contributed by atoms with Crippen LogP contribution < -0.4 is 43.1 Å². The smallest absolute Gasteiger partial charge is 0.213 e. The van der Waals surface area contributed by atoms with Gasteiger partial charge < -0.3 is 34.0 Å². The molecule has 0 aliphatic heterocycles. The molecule has 0 saturated carbocycles. The van der Waals surface area contributed by atoms with Crippen molar-refractivity contribution in [3.63, 3.8) is 0 Å². The molecule has 2 aromatic heterocycles. The Bertz CT molecular complexity index is 2150. The lowest BCUT2D eigenvalue weighted by Gasteiger charge is -2.09. The lowest BCUT2D eigenvalue weighted by atomic mass is 10.00. The van der Waals surface area contributed by atoms with Gasteiger partial charge in [0.15, 0.2) is 12.4 Å². The molecule has 0 aliphatic carbocycles. The second-order valence-corrected chi connectivity index (χ2v) is 12.3. The van der Waals surface area contributed by atoms with Gasteiger partial charge in [-0.2, -0.15) is 9.13 Å².